The summed E-state index contributed by atoms with van der Waals surface area (Å²) in [5, 5.41) is 3.40. The predicted octanol–water partition coefficient (Wildman–Crippen LogP) is 1.61. The zero-order valence-electron chi connectivity index (χ0n) is 11.2. The summed E-state index contributed by atoms with van der Waals surface area (Å²) in [7, 11) is 0. The first kappa shape index (κ1) is 14.1. The average Bonchev–Trinajstić information content (AvgIpc) is 2.36. The second-order valence-corrected chi connectivity index (χ2v) is 4.21. The maximum absolute atomic E-state index is 4.31. The molecule has 0 aliphatic heterocycles. The highest BCUT2D eigenvalue weighted by Crippen LogP contribution is 1.94. The van der Waals surface area contributed by atoms with Crippen LogP contribution < -0.4 is 5.32 Å². The highest BCUT2D eigenvalue weighted by molar-refractivity contribution is 4.99. The van der Waals surface area contributed by atoms with Crippen molar-refractivity contribution in [2.45, 2.75) is 33.7 Å². The van der Waals surface area contributed by atoms with Crippen LogP contribution in [0.4, 0.5) is 0 Å². The van der Waals surface area contributed by atoms with Crippen LogP contribution in [0.2, 0.25) is 0 Å². The van der Waals surface area contributed by atoms with E-state index in [1.54, 1.807) is 0 Å². The number of hydrogen-bond acceptors (Lipinski definition) is 4. The lowest BCUT2D eigenvalue weighted by Crippen LogP contribution is -2.27. The first-order valence-electron chi connectivity index (χ1n) is 6.46. The minimum atomic E-state index is 0.811. The summed E-state index contributed by atoms with van der Waals surface area (Å²) in [6.45, 7) is 11.7. The molecular weight excluding hydrogens is 212 g/mol. The van der Waals surface area contributed by atoms with E-state index < -0.39 is 0 Å². The van der Waals surface area contributed by atoms with Gasteiger partial charge in [-0.15, -0.1) is 0 Å². The molecule has 0 unspecified atom stereocenters. The van der Waals surface area contributed by atoms with Gasteiger partial charge >= 0.3 is 0 Å². The summed E-state index contributed by atoms with van der Waals surface area (Å²) in [6, 6.07) is 0. The van der Waals surface area contributed by atoms with E-state index in [0.717, 1.165) is 37.6 Å². The van der Waals surface area contributed by atoms with Crippen LogP contribution >= 0.6 is 0 Å². The fraction of sp³-hybridized carbons (Fsp3) is 0.692. The molecule has 96 valence electrons. The van der Waals surface area contributed by atoms with Gasteiger partial charge in [0.2, 0.25) is 0 Å². The van der Waals surface area contributed by atoms with E-state index in [1.807, 2.05) is 19.3 Å². The largest absolute Gasteiger partial charge is 0.311 e. The summed E-state index contributed by atoms with van der Waals surface area (Å²) < 4.78 is 0. The minimum Gasteiger partial charge on any atom is -0.311 e. The van der Waals surface area contributed by atoms with Crippen LogP contribution in [-0.4, -0.2) is 41.0 Å². The van der Waals surface area contributed by atoms with E-state index in [1.165, 1.54) is 13.0 Å². The molecule has 0 fully saturated rings. The van der Waals surface area contributed by atoms with Gasteiger partial charge in [-0.3, -0.25) is 9.97 Å². The van der Waals surface area contributed by atoms with Crippen LogP contribution in [0.25, 0.3) is 0 Å². The average molecular weight is 236 g/mol. The van der Waals surface area contributed by atoms with E-state index in [-0.39, 0.29) is 0 Å². The van der Waals surface area contributed by atoms with E-state index in [9.17, 15) is 0 Å². The maximum atomic E-state index is 4.31. The van der Waals surface area contributed by atoms with Crippen LogP contribution in [0.5, 0.6) is 0 Å². The Labute approximate surface area is 104 Å². The third kappa shape index (κ3) is 5.75. The Hall–Kier alpha value is -1.00. The van der Waals surface area contributed by atoms with Crippen LogP contribution in [0.3, 0.4) is 0 Å². The molecule has 4 nitrogen and oxygen atoms in total. The number of hydrogen-bond donors (Lipinski definition) is 1. The molecule has 4 heteroatoms. The third-order valence-electron chi connectivity index (χ3n) is 2.86. The molecule has 17 heavy (non-hydrogen) atoms. The SMILES string of the molecule is CCN(CC)CCCNCc1cnc(C)cn1. The molecule has 1 heterocycles. The molecule has 0 atom stereocenters. The quantitative estimate of drug-likeness (QED) is 0.696. The van der Waals surface area contributed by atoms with Gasteiger partial charge in [-0.05, 0) is 39.5 Å². The van der Waals surface area contributed by atoms with Crippen molar-refractivity contribution in [1.82, 2.24) is 20.2 Å². The van der Waals surface area contributed by atoms with Crippen molar-refractivity contribution in [2.75, 3.05) is 26.2 Å². The van der Waals surface area contributed by atoms with Crippen molar-refractivity contribution in [1.29, 1.82) is 0 Å². The molecule has 1 rings (SSSR count). The topological polar surface area (TPSA) is 41.0 Å². The molecule has 1 aromatic heterocycles. The van der Waals surface area contributed by atoms with Gasteiger partial charge in [0.25, 0.3) is 0 Å². The number of aryl methyl sites for hydroxylation is 1. The lowest BCUT2D eigenvalue weighted by Gasteiger charge is -2.17. The summed E-state index contributed by atoms with van der Waals surface area (Å²) in [5.74, 6) is 0. The standard InChI is InChI=1S/C13H24N4/c1-4-17(5-2)8-6-7-14-10-13-11-15-12(3)9-16-13/h9,11,14H,4-8,10H2,1-3H3. The van der Waals surface area contributed by atoms with Crippen LogP contribution in [0.15, 0.2) is 12.4 Å². The van der Waals surface area contributed by atoms with E-state index in [4.69, 9.17) is 0 Å². The zero-order chi connectivity index (χ0) is 12.5. The Morgan fingerprint density at radius 2 is 1.94 bits per heavy atom. The molecule has 0 spiro atoms. The molecule has 1 aromatic rings. The van der Waals surface area contributed by atoms with Crippen molar-refractivity contribution < 1.29 is 0 Å². The van der Waals surface area contributed by atoms with Gasteiger partial charge in [0, 0.05) is 18.9 Å². The van der Waals surface area contributed by atoms with Crippen LogP contribution in [0.1, 0.15) is 31.7 Å². The smallest absolute Gasteiger partial charge is 0.0724 e. The Morgan fingerprint density at radius 1 is 1.18 bits per heavy atom. The van der Waals surface area contributed by atoms with Gasteiger partial charge in [0.05, 0.1) is 11.4 Å². The summed E-state index contributed by atoms with van der Waals surface area (Å²) in [4.78, 5) is 11.0. The Kier molecular flexibility index (Phi) is 6.74. The Balaban J connectivity index is 2.10. The van der Waals surface area contributed by atoms with Crippen molar-refractivity contribution in [3.05, 3.63) is 23.8 Å². The van der Waals surface area contributed by atoms with Crippen molar-refractivity contribution in [3.63, 3.8) is 0 Å². The Bertz CT molecular complexity index is 293. The molecule has 0 aliphatic carbocycles. The number of rotatable bonds is 8. The molecule has 0 bridgehead atoms. The number of aromatic nitrogens is 2. The van der Waals surface area contributed by atoms with Crippen LogP contribution in [-0.2, 0) is 6.54 Å². The number of nitrogens with one attached hydrogen (secondary N) is 1. The predicted molar refractivity (Wildman–Crippen MR) is 70.9 cm³/mol. The normalized spacial score (nSPS) is 11.1. The van der Waals surface area contributed by atoms with Crippen molar-refractivity contribution >= 4 is 0 Å². The molecule has 0 aliphatic rings. The molecule has 0 saturated carbocycles. The van der Waals surface area contributed by atoms with Gasteiger partial charge in [0.1, 0.15) is 0 Å². The first-order valence-corrected chi connectivity index (χ1v) is 6.46. The zero-order valence-corrected chi connectivity index (χ0v) is 11.2. The minimum absolute atomic E-state index is 0.811. The molecule has 0 amide bonds. The van der Waals surface area contributed by atoms with Crippen LogP contribution in [0, 0.1) is 6.92 Å². The lowest BCUT2D eigenvalue weighted by molar-refractivity contribution is 0.298. The van der Waals surface area contributed by atoms with Gasteiger partial charge in [-0.1, -0.05) is 13.8 Å². The second-order valence-electron chi connectivity index (χ2n) is 4.21. The molecule has 1 N–H and O–H groups in total. The lowest BCUT2D eigenvalue weighted by atomic mass is 10.3. The highest BCUT2D eigenvalue weighted by Gasteiger charge is 1.98. The second kappa shape index (κ2) is 8.14. The maximum Gasteiger partial charge on any atom is 0.0724 e. The summed E-state index contributed by atoms with van der Waals surface area (Å²) in [6.07, 6.45) is 4.83. The highest BCUT2D eigenvalue weighted by atomic mass is 15.1. The molecule has 0 radical (unpaired) electrons. The fourth-order valence-electron chi connectivity index (χ4n) is 1.69. The van der Waals surface area contributed by atoms with Crippen molar-refractivity contribution in [3.8, 4) is 0 Å². The van der Waals surface area contributed by atoms with Gasteiger partial charge in [-0.25, -0.2) is 0 Å². The third-order valence-corrected chi connectivity index (χ3v) is 2.86. The molecule has 0 saturated heterocycles. The van der Waals surface area contributed by atoms with E-state index in [2.05, 4.69) is 34.0 Å². The molecule has 0 aromatic carbocycles. The van der Waals surface area contributed by atoms with Gasteiger partial charge in [-0.2, -0.15) is 0 Å². The number of nitrogens with zero attached hydrogens (tertiary/aromatic N) is 3. The Morgan fingerprint density at radius 3 is 2.53 bits per heavy atom. The summed E-state index contributed by atoms with van der Waals surface area (Å²) in [5.41, 5.74) is 1.98. The first-order chi connectivity index (χ1) is 8.26. The van der Waals surface area contributed by atoms with Gasteiger partial charge < -0.3 is 10.2 Å². The monoisotopic (exact) mass is 236 g/mol. The summed E-state index contributed by atoms with van der Waals surface area (Å²) >= 11 is 0. The van der Waals surface area contributed by atoms with E-state index >= 15 is 0 Å². The van der Waals surface area contributed by atoms with E-state index in [0.29, 0.717) is 0 Å². The fourth-order valence-corrected chi connectivity index (χ4v) is 1.69. The van der Waals surface area contributed by atoms with Crippen molar-refractivity contribution in [2.24, 2.45) is 0 Å². The van der Waals surface area contributed by atoms with Gasteiger partial charge in [0.15, 0.2) is 0 Å². The molecular formula is C13H24N4.